The zero-order chi connectivity index (χ0) is 15.3. The molecule has 4 heteroatoms. The average molecular weight is 282 g/mol. The molecule has 1 aliphatic rings. The molecule has 0 atom stereocenters. The van der Waals surface area contributed by atoms with Crippen LogP contribution in [0.25, 0.3) is 0 Å². The van der Waals surface area contributed by atoms with Crippen LogP contribution < -0.4 is 5.32 Å². The fraction of sp³-hybridized carbons (Fsp3) is 0.875. The number of rotatable bonds is 4. The zero-order valence-electron chi connectivity index (χ0n) is 13.7. The molecule has 4 nitrogen and oxygen atoms in total. The maximum Gasteiger partial charge on any atom is 0.225 e. The quantitative estimate of drug-likeness (QED) is 0.861. The Morgan fingerprint density at radius 2 is 1.45 bits per heavy atom. The Balaban J connectivity index is 2.47. The first kappa shape index (κ1) is 17.0. The van der Waals surface area contributed by atoms with Gasteiger partial charge < -0.3 is 10.2 Å². The van der Waals surface area contributed by atoms with Crippen LogP contribution in [0.3, 0.4) is 0 Å². The normalized spacial score (nSPS) is 23.2. The van der Waals surface area contributed by atoms with Crippen LogP contribution in [-0.2, 0) is 9.59 Å². The minimum absolute atomic E-state index is 0.0787. The van der Waals surface area contributed by atoms with E-state index in [4.69, 9.17) is 0 Å². The molecular weight excluding hydrogens is 252 g/mol. The molecule has 1 saturated carbocycles. The third-order valence-corrected chi connectivity index (χ3v) is 4.02. The van der Waals surface area contributed by atoms with Crippen LogP contribution in [0.5, 0.6) is 0 Å². The van der Waals surface area contributed by atoms with Crippen molar-refractivity contribution >= 4 is 11.8 Å². The number of nitrogens with one attached hydrogen (secondary N) is 1. The Bertz CT molecular complexity index is 335. The van der Waals surface area contributed by atoms with E-state index in [0.717, 1.165) is 38.8 Å². The highest BCUT2D eigenvalue weighted by molar-refractivity contribution is 5.81. The van der Waals surface area contributed by atoms with Crippen LogP contribution in [-0.4, -0.2) is 35.3 Å². The number of hydrogen-bond acceptors (Lipinski definition) is 2. The van der Waals surface area contributed by atoms with Gasteiger partial charge in [0.2, 0.25) is 11.8 Å². The van der Waals surface area contributed by atoms with Crippen molar-refractivity contribution in [2.45, 2.75) is 65.8 Å². The highest BCUT2D eigenvalue weighted by Crippen LogP contribution is 2.30. The van der Waals surface area contributed by atoms with Crippen LogP contribution in [0, 0.1) is 11.8 Å². The molecule has 20 heavy (non-hydrogen) atoms. The highest BCUT2D eigenvalue weighted by Gasteiger charge is 2.32. The number of amides is 2. The number of nitrogens with zero attached hydrogens (tertiary/aromatic N) is 1. The molecule has 1 rings (SSSR count). The predicted octanol–water partition coefficient (Wildman–Crippen LogP) is 2.58. The maximum absolute atomic E-state index is 12.3. The predicted molar refractivity (Wildman–Crippen MR) is 81.3 cm³/mol. The van der Waals surface area contributed by atoms with Crippen LogP contribution >= 0.6 is 0 Å². The van der Waals surface area contributed by atoms with E-state index in [9.17, 15) is 9.59 Å². The second-order valence-electron chi connectivity index (χ2n) is 6.80. The summed E-state index contributed by atoms with van der Waals surface area (Å²) in [6.07, 6.45) is 3.36. The smallest absolute Gasteiger partial charge is 0.225 e. The molecular formula is C16H30N2O2. The van der Waals surface area contributed by atoms with E-state index in [1.54, 1.807) is 0 Å². The zero-order valence-corrected chi connectivity index (χ0v) is 13.7. The maximum atomic E-state index is 12.3. The van der Waals surface area contributed by atoms with Gasteiger partial charge in [-0.25, -0.2) is 0 Å². The summed E-state index contributed by atoms with van der Waals surface area (Å²) in [5.74, 6) is 0.611. The fourth-order valence-electron chi connectivity index (χ4n) is 2.87. The Kier molecular flexibility index (Phi) is 6.03. The molecule has 1 aliphatic carbocycles. The van der Waals surface area contributed by atoms with E-state index < -0.39 is 0 Å². The lowest BCUT2D eigenvalue weighted by atomic mass is 9.80. The first-order chi connectivity index (χ1) is 9.28. The molecule has 0 radical (unpaired) electrons. The van der Waals surface area contributed by atoms with Gasteiger partial charge in [0.25, 0.3) is 0 Å². The third-order valence-electron chi connectivity index (χ3n) is 4.02. The molecule has 0 spiro atoms. The van der Waals surface area contributed by atoms with Crippen molar-refractivity contribution < 1.29 is 9.59 Å². The van der Waals surface area contributed by atoms with E-state index in [1.165, 1.54) is 0 Å². The summed E-state index contributed by atoms with van der Waals surface area (Å²) in [7, 11) is 0. The summed E-state index contributed by atoms with van der Waals surface area (Å²) in [5.41, 5.74) is -0.176. The molecule has 0 aliphatic heterocycles. The first-order valence-corrected chi connectivity index (χ1v) is 7.89. The van der Waals surface area contributed by atoms with Crippen LogP contribution in [0.15, 0.2) is 0 Å². The van der Waals surface area contributed by atoms with Crippen molar-refractivity contribution in [2.75, 3.05) is 13.1 Å². The molecule has 0 bridgehead atoms. The van der Waals surface area contributed by atoms with E-state index in [0.29, 0.717) is 0 Å². The minimum Gasteiger partial charge on any atom is -0.351 e. The summed E-state index contributed by atoms with van der Waals surface area (Å²) in [4.78, 5) is 26.3. The molecule has 0 aromatic rings. The largest absolute Gasteiger partial charge is 0.351 e. The highest BCUT2D eigenvalue weighted by atomic mass is 16.2. The van der Waals surface area contributed by atoms with Crippen molar-refractivity contribution in [1.29, 1.82) is 0 Å². The number of hydrogen-bond donors (Lipinski definition) is 1. The molecule has 0 aromatic carbocycles. The van der Waals surface area contributed by atoms with Crippen LogP contribution in [0.2, 0.25) is 0 Å². The lowest BCUT2D eigenvalue weighted by Crippen LogP contribution is -2.45. The summed E-state index contributed by atoms with van der Waals surface area (Å²) in [6, 6.07) is 0. The molecule has 0 aromatic heterocycles. The van der Waals surface area contributed by atoms with Crippen molar-refractivity contribution in [3.8, 4) is 0 Å². The fourth-order valence-corrected chi connectivity index (χ4v) is 2.87. The van der Waals surface area contributed by atoms with Gasteiger partial charge in [-0.3, -0.25) is 9.59 Å². The Morgan fingerprint density at radius 1 is 1.00 bits per heavy atom. The van der Waals surface area contributed by atoms with E-state index in [2.05, 4.69) is 5.32 Å². The van der Waals surface area contributed by atoms with Crippen LogP contribution in [0.1, 0.15) is 60.3 Å². The number of carbonyl (C=O) groups excluding carboxylic acids is 2. The molecule has 1 fully saturated rings. The summed E-state index contributed by atoms with van der Waals surface area (Å²) >= 11 is 0. The lowest BCUT2D eigenvalue weighted by Gasteiger charge is -2.32. The van der Waals surface area contributed by atoms with Gasteiger partial charge in [0.15, 0.2) is 0 Å². The first-order valence-electron chi connectivity index (χ1n) is 7.89. The topological polar surface area (TPSA) is 49.4 Å². The molecule has 0 heterocycles. The molecule has 0 unspecified atom stereocenters. The minimum atomic E-state index is -0.176. The van der Waals surface area contributed by atoms with Crippen molar-refractivity contribution in [3.05, 3.63) is 0 Å². The SMILES string of the molecule is CCN(CC)C(=O)C1CCC(C(=O)NC(C)(C)C)CC1. The lowest BCUT2D eigenvalue weighted by molar-refractivity contribution is -0.138. The van der Waals surface area contributed by atoms with Gasteiger partial charge in [-0.05, 0) is 60.3 Å². The summed E-state index contributed by atoms with van der Waals surface area (Å²) in [6.45, 7) is 11.6. The van der Waals surface area contributed by atoms with E-state index >= 15 is 0 Å². The van der Waals surface area contributed by atoms with E-state index in [-0.39, 0.29) is 29.2 Å². The summed E-state index contributed by atoms with van der Waals surface area (Å²) < 4.78 is 0. The van der Waals surface area contributed by atoms with Gasteiger partial charge in [-0.1, -0.05) is 0 Å². The number of carbonyl (C=O) groups is 2. The van der Waals surface area contributed by atoms with Crippen molar-refractivity contribution in [1.82, 2.24) is 10.2 Å². The molecule has 0 saturated heterocycles. The van der Waals surface area contributed by atoms with Crippen LogP contribution in [0.4, 0.5) is 0 Å². The van der Waals surface area contributed by atoms with Gasteiger partial charge in [0.05, 0.1) is 0 Å². The van der Waals surface area contributed by atoms with Crippen molar-refractivity contribution in [3.63, 3.8) is 0 Å². The molecule has 2 amide bonds. The van der Waals surface area contributed by atoms with E-state index in [1.807, 2.05) is 39.5 Å². The van der Waals surface area contributed by atoms with Crippen molar-refractivity contribution in [2.24, 2.45) is 11.8 Å². The van der Waals surface area contributed by atoms with Gasteiger partial charge in [0, 0.05) is 30.5 Å². The van der Waals surface area contributed by atoms with Gasteiger partial charge >= 0.3 is 0 Å². The molecule has 1 N–H and O–H groups in total. The Hall–Kier alpha value is -1.06. The Morgan fingerprint density at radius 3 is 1.85 bits per heavy atom. The summed E-state index contributed by atoms with van der Waals surface area (Å²) in [5, 5.41) is 3.04. The van der Waals surface area contributed by atoms with Gasteiger partial charge in [-0.2, -0.15) is 0 Å². The third kappa shape index (κ3) is 4.80. The monoisotopic (exact) mass is 282 g/mol. The average Bonchev–Trinajstić information content (AvgIpc) is 2.38. The Labute approximate surface area is 123 Å². The second kappa shape index (κ2) is 7.09. The molecule has 116 valence electrons. The van der Waals surface area contributed by atoms with Gasteiger partial charge in [0.1, 0.15) is 0 Å². The van der Waals surface area contributed by atoms with Gasteiger partial charge in [-0.15, -0.1) is 0 Å². The second-order valence-corrected chi connectivity index (χ2v) is 6.80. The standard InChI is InChI=1S/C16H30N2O2/c1-6-18(7-2)15(20)13-10-8-12(9-11-13)14(19)17-16(3,4)5/h12-13H,6-11H2,1-5H3,(H,17,19).